The Morgan fingerprint density at radius 1 is 1.28 bits per heavy atom. The number of rotatable bonds is 6. The number of nitro groups is 1. The van der Waals surface area contributed by atoms with Gasteiger partial charge in [0, 0.05) is 30.1 Å². The van der Waals surface area contributed by atoms with Gasteiger partial charge in [0.15, 0.2) is 0 Å². The van der Waals surface area contributed by atoms with Crippen molar-refractivity contribution in [3.8, 4) is 0 Å². The van der Waals surface area contributed by atoms with E-state index in [0.29, 0.717) is 13.1 Å². The molecule has 1 N–H and O–H groups in total. The molecule has 0 spiro atoms. The lowest BCUT2D eigenvalue weighted by Crippen LogP contribution is -2.28. The Kier molecular flexibility index (Phi) is 5.11. The van der Waals surface area contributed by atoms with Gasteiger partial charge in [0.2, 0.25) is 10.0 Å². The maximum atomic E-state index is 12.8. The zero-order chi connectivity index (χ0) is 17.9. The van der Waals surface area contributed by atoms with Crippen molar-refractivity contribution >= 4 is 38.9 Å². The minimum Gasteiger partial charge on any atom is -0.277 e. The molecule has 132 valence electrons. The highest BCUT2D eigenvalue weighted by Gasteiger charge is 2.30. The number of hydrogen-bond acceptors (Lipinski definition) is 7. The lowest BCUT2D eigenvalue weighted by molar-refractivity contribution is -0.385. The first-order valence-corrected chi connectivity index (χ1v) is 9.91. The fourth-order valence-electron chi connectivity index (χ4n) is 2.53. The van der Waals surface area contributed by atoms with Crippen LogP contribution >= 0.6 is 11.3 Å². The summed E-state index contributed by atoms with van der Waals surface area (Å²) in [5.41, 5.74) is 2.64. The average molecular weight is 380 g/mol. The molecule has 10 heteroatoms. The highest BCUT2D eigenvalue weighted by atomic mass is 32.2. The fourth-order valence-corrected chi connectivity index (χ4v) is 4.79. The quantitative estimate of drug-likeness (QED) is 0.471. The minimum absolute atomic E-state index is 0.132. The molecule has 0 atom stereocenters. The van der Waals surface area contributed by atoms with Gasteiger partial charge >= 0.3 is 0 Å². The third-order valence-electron chi connectivity index (χ3n) is 3.78. The normalized spacial score (nSPS) is 15.7. The van der Waals surface area contributed by atoms with Crippen molar-refractivity contribution in [1.29, 1.82) is 0 Å². The van der Waals surface area contributed by atoms with Crippen LogP contribution in [-0.2, 0) is 10.0 Å². The first-order valence-electron chi connectivity index (χ1n) is 7.59. The number of nitrogens with one attached hydrogen (secondary N) is 1. The van der Waals surface area contributed by atoms with Gasteiger partial charge < -0.3 is 0 Å². The monoisotopic (exact) mass is 380 g/mol. The number of thiophene rings is 1. The second-order valence-corrected chi connectivity index (χ2v) is 8.32. The van der Waals surface area contributed by atoms with Gasteiger partial charge in [0.1, 0.15) is 4.90 Å². The summed E-state index contributed by atoms with van der Waals surface area (Å²) in [6, 6.07) is 7.45. The summed E-state index contributed by atoms with van der Waals surface area (Å²) in [7, 11) is -3.81. The molecule has 0 aliphatic carbocycles. The van der Waals surface area contributed by atoms with E-state index < -0.39 is 14.9 Å². The third-order valence-corrected chi connectivity index (χ3v) is 6.52. The number of non-ortho nitro benzene ring substituents is 1. The number of nitrogens with zero attached hydrogens (tertiary/aromatic N) is 3. The van der Waals surface area contributed by atoms with Crippen molar-refractivity contribution in [2.75, 3.05) is 18.5 Å². The van der Waals surface area contributed by atoms with E-state index in [4.69, 9.17) is 0 Å². The second kappa shape index (κ2) is 7.30. The average Bonchev–Trinajstić information content (AvgIpc) is 3.28. The predicted octanol–water partition coefficient (Wildman–Crippen LogP) is 2.89. The van der Waals surface area contributed by atoms with Crippen LogP contribution in [0.1, 0.15) is 17.7 Å². The van der Waals surface area contributed by atoms with Crippen LogP contribution < -0.4 is 5.43 Å². The Bertz CT molecular complexity index is 888. The van der Waals surface area contributed by atoms with E-state index in [1.54, 1.807) is 6.21 Å². The van der Waals surface area contributed by atoms with E-state index >= 15 is 0 Å². The van der Waals surface area contributed by atoms with Crippen molar-refractivity contribution in [3.63, 3.8) is 0 Å². The fraction of sp³-hybridized carbons (Fsp3) is 0.267. The second-order valence-electron chi connectivity index (χ2n) is 5.43. The van der Waals surface area contributed by atoms with Crippen LogP contribution in [0.3, 0.4) is 0 Å². The van der Waals surface area contributed by atoms with Crippen molar-refractivity contribution in [1.82, 2.24) is 4.31 Å². The molecule has 1 aliphatic rings. The molecule has 0 amide bonds. The highest BCUT2D eigenvalue weighted by Crippen LogP contribution is 2.30. The largest absolute Gasteiger partial charge is 0.277 e. The van der Waals surface area contributed by atoms with E-state index in [0.717, 1.165) is 23.8 Å². The molecule has 25 heavy (non-hydrogen) atoms. The zero-order valence-corrected chi connectivity index (χ0v) is 14.8. The molecule has 0 radical (unpaired) electrons. The van der Waals surface area contributed by atoms with Crippen LogP contribution in [0.2, 0.25) is 0 Å². The summed E-state index contributed by atoms with van der Waals surface area (Å²) >= 11 is 1.49. The third kappa shape index (κ3) is 3.86. The molecule has 1 saturated heterocycles. The van der Waals surface area contributed by atoms with Gasteiger partial charge in [-0.05, 0) is 30.4 Å². The predicted molar refractivity (Wildman–Crippen MR) is 96.6 cm³/mol. The first-order chi connectivity index (χ1) is 12.0. The molecule has 2 aromatic rings. The summed E-state index contributed by atoms with van der Waals surface area (Å²) in [6.07, 6.45) is 3.14. The molecule has 1 aromatic carbocycles. The van der Waals surface area contributed by atoms with Crippen molar-refractivity contribution in [2.24, 2.45) is 5.10 Å². The van der Waals surface area contributed by atoms with Gasteiger partial charge in [0.25, 0.3) is 5.69 Å². The molecule has 1 aliphatic heterocycles. The van der Waals surface area contributed by atoms with E-state index in [1.807, 2.05) is 17.5 Å². The van der Waals surface area contributed by atoms with Crippen LogP contribution in [0, 0.1) is 10.1 Å². The number of hydrazone groups is 1. The molecule has 0 unspecified atom stereocenters. The number of anilines is 1. The molecule has 0 saturated carbocycles. The molecular weight excluding hydrogens is 364 g/mol. The lowest BCUT2D eigenvalue weighted by atomic mass is 10.3. The summed E-state index contributed by atoms with van der Waals surface area (Å²) in [5, 5.41) is 17.0. The van der Waals surface area contributed by atoms with Crippen LogP contribution in [0.5, 0.6) is 0 Å². The number of benzene rings is 1. The SMILES string of the molecule is O=[N+]([O-])c1ccc(N/N=C\c2cccs2)c(S(=O)(=O)N2CCCC2)c1. The van der Waals surface area contributed by atoms with Crippen molar-refractivity contribution < 1.29 is 13.3 Å². The van der Waals surface area contributed by atoms with E-state index in [2.05, 4.69) is 10.5 Å². The minimum atomic E-state index is -3.81. The van der Waals surface area contributed by atoms with Gasteiger partial charge in [-0.2, -0.15) is 9.41 Å². The smallest absolute Gasteiger partial charge is 0.270 e. The van der Waals surface area contributed by atoms with Gasteiger partial charge in [-0.1, -0.05) is 6.07 Å². The van der Waals surface area contributed by atoms with Crippen LogP contribution in [0.15, 0.2) is 45.7 Å². The Morgan fingerprint density at radius 2 is 2.04 bits per heavy atom. The number of hydrogen-bond donors (Lipinski definition) is 1. The standard InChI is InChI=1S/C15H16N4O4S2/c20-19(21)12-5-6-14(17-16-11-13-4-3-9-24-13)15(10-12)25(22,23)18-7-1-2-8-18/h3-6,9-11,17H,1-2,7-8H2/b16-11-. The zero-order valence-electron chi connectivity index (χ0n) is 13.2. The summed E-state index contributed by atoms with van der Waals surface area (Å²) < 4.78 is 27.0. The Labute approximate surface area is 149 Å². The molecule has 0 bridgehead atoms. The summed E-state index contributed by atoms with van der Waals surface area (Å²) in [4.78, 5) is 11.2. The topological polar surface area (TPSA) is 105 Å². The van der Waals surface area contributed by atoms with Crippen LogP contribution in [0.25, 0.3) is 0 Å². The molecule has 8 nitrogen and oxygen atoms in total. The molecule has 2 heterocycles. The van der Waals surface area contributed by atoms with E-state index in [-0.39, 0.29) is 16.3 Å². The van der Waals surface area contributed by atoms with Gasteiger partial charge in [-0.25, -0.2) is 8.42 Å². The Morgan fingerprint density at radius 3 is 2.68 bits per heavy atom. The summed E-state index contributed by atoms with van der Waals surface area (Å²) in [5.74, 6) is 0. The van der Waals surface area contributed by atoms with Gasteiger partial charge in [-0.15, -0.1) is 11.3 Å². The van der Waals surface area contributed by atoms with Crippen LogP contribution in [-0.4, -0.2) is 37.0 Å². The molecule has 1 fully saturated rings. The van der Waals surface area contributed by atoms with Crippen molar-refractivity contribution in [2.45, 2.75) is 17.7 Å². The summed E-state index contributed by atoms with van der Waals surface area (Å²) in [6.45, 7) is 0.839. The maximum absolute atomic E-state index is 12.8. The Hall–Kier alpha value is -2.30. The van der Waals surface area contributed by atoms with Gasteiger partial charge in [0.05, 0.1) is 16.8 Å². The van der Waals surface area contributed by atoms with E-state index in [9.17, 15) is 18.5 Å². The molecular formula is C15H16N4O4S2. The lowest BCUT2D eigenvalue weighted by Gasteiger charge is -2.17. The first kappa shape index (κ1) is 17.5. The highest BCUT2D eigenvalue weighted by molar-refractivity contribution is 7.89. The number of sulfonamides is 1. The molecule has 1 aromatic heterocycles. The van der Waals surface area contributed by atoms with Crippen molar-refractivity contribution in [3.05, 3.63) is 50.7 Å². The van der Waals surface area contributed by atoms with Crippen LogP contribution in [0.4, 0.5) is 11.4 Å². The van der Waals surface area contributed by atoms with E-state index in [1.165, 1.54) is 27.8 Å². The number of nitro benzene ring substituents is 1. The maximum Gasteiger partial charge on any atom is 0.270 e. The van der Waals surface area contributed by atoms with Gasteiger partial charge in [-0.3, -0.25) is 15.5 Å². The Balaban J connectivity index is 1.95. The molecule has 3 rings (SSSR count).